The Labute approximate surface area is 150 Å². The fourth-order valence-corrected chi connectivity index (χ4v) is 3.26. The van der Waals surface area contributed by atoms with E-state index in [0.717, 1.165) is 25.7 Å². The first-order valence-corrected chi connectivity index (χ1v) is 8.76. The van der Waals surface area contributed by atoms with E-state index < -0.39 is 0 Å². The minimum Gasteiger partial charge on any atom is -0.356 e. The third-order valence-corrected chi connectivity index (χ3v) is 4.54. The Morgan fingerprint density at radius 2 is 2.08 bits per heavy atom. The van der Waals surface area contributed by atoms with Crippen LogP contribution in [0.25, 0.3) is 0 Å². The highest BCUT2D eigenvalue weighted by Crippen LogP contribution is 2.19. The molecule has 1 saturated carbocycles. The Hall–Kier alpha value is -2.35. The van der Waals surface area contributed by atoms with Gasteiger partial charge in [-0.05, 0) is 31.7 Å². The van der Waals surface area contributed by atoms with Gasteiger partial charge in [-0.1, -0.05) is 11.6 Å². The smallest absolute Gasteiger partial charge is 0.267 e. The van der Waals surface area contributed by atoms with Crippen LogP contribution in [0.5, 0.6) is 0 Å². The van der Waals surface area contributed by atoms with E-state index in [0.29, 0.717) is 29.4 Å². The van der Waals surface area contributed by atoms with Gasteiger partial charge in [-0.2, -0.15) is 5.10 Å². The Morgan fingerprint density at radius 1 is 1.28 bits per heavy atom. The first-order valence-electron chi connectivity index (χ1n) is 8.38. The average Bonchev–Trinajstić information content (AvgIpc) is 3.25. The summed E-state index contributed by atoms with van der Waals surface area (Å²) in [5, 5.41) is 13.1. The van der Waals surface area contributed by atoms with Gasteiger partial charge < -0.3 is 15.6 Å². The molecular formula is C16H21ClN6O2. The standard InChI is InChI=1S/C16H21ClN6O2/c17-10-6-13(18-8-10)16(25)22-12-3-1-2-11(7-12)21-15(24)5-4-14-19-9-20-23-14/h6,8-9,11-12,18H,1-5,7H2,(H,21,24)(H,22,25)(H,19,20,23). The molecule has 9 heteroatoms. The van der Waals surface area contributed by atoms with Crippen molar-refractivity contribution in [2.75, 3.05) is 0 Å². The molecule has 8 nitrogen and oxygen atoms in total. The Kier molecular flexibility index (Phi) is 5.70. The summed E-state index contributed by atoms with van der Waals surface area (Å²) < 4.78 is 0. The van der Waals surface area contributed by atoms with Crippen LogP contribution in [0.3, 0.4) is 0 Å². The van der Waals surface area contributed by atoms with E-state index in [9.17, 15) is 9.59 Å². The average molecular weight is 365 g/mol. The summed E-state index contributed by atoms with van der Waals surface area (Å²) in [4.78, 5) is 31.1. The molecule has 4 N–H and O–H groups in total. The van der Waals surface area contributed by atoms with Crippen molar-refractivity contribution in [1.29, 1.82) is 0 Å². The highest BCUT2D eigenvalue weighted by molar-refractivity contribution is 6.30. The molecule has 1 aliphatic rings. The summed E-state index contributed by atoms with van der Waals surface area (Å²) in [7, 11) is 0. The Morgan fingerprint density at radius 3 is 2.76 bits per heavy atom. The molecule has 0 saturated heterocycles. The molecule has 0 bridgehead atoms. The molecule has 0 aliphatic heterocycles. The molecule has 0 aromatic carbocycles. The SMILES string of the molecule is O=C(CCc1ncn[nH]1)NC1CCCC(NC(=O)c2cc(Cl)c[nH]2)C1. The lowest BCUT2D eigenvalue weighted by Gasteiger charge is -2.30. The number of nitrogens with zero attached hydrogens (tertiary/aromatic N) is 2. The van der Waals surface area contributed by atoms with Crippen LogP contribution < -0.4 is 10.6 Å². The number of amides is 2. The summed E-state index contributed by atoms with van der Waals surface area (Å²) in [5.41, 5.74) is 0.447. The number of nitrogens with one attached hydrogen (secondary N) is 4. The van der Waals surface area contributed by atoms with Crippen molar-refractivity contribution >= 4 is 23.4 Å². The quantitative estimate of drug-likeness (QED) is 0.622. The Balaban J connectivity index is 1.44. The zero-order chi connectivity index (χ0) is 17.6. The molecule has 2 heterocycles. The third kappa shape index (κ3) is 5.06. The zero-order valence-electron chi connectivity index (χ0n) is 13.7. The van der Waals surface area contributed by atoms with Crippen molar-refractivity contribution < 1.29 is 9.59 Å². The fraction of sp³-hybridized carbons (Fsp3) is 0.500. The number of aromatic amines is 2. The summed E-state index contributed by atoms with van der Waals surface area (Å²) in [5.74, 6) is 0.521. The number of halogens is 1. The molecule has 25 heavy (non-hydrogen) atoms. The number of aryl methyl sites for hydroxylation is 1. The lowest BCUT2D eigenvalue weighted by atomic mass is 9.90. The van der Waals surface area contributed by atoms with Crippen molar-refractivity contribution in [2.24, 2.45) is 0 Å². The zero-order valence-corrected chi connectivity index (χ0v) is 14.5. The van der Waals surface area contributed by atoms with Gasteiger partial charge >= 0.3 is 0 Å². The predicted molar refractivity (Wildman–Crippen MR) is 92.2 cm³/mol. The molecule has 2 aromatic heterocycles. The number of carbonyl (C=O) groups is 2. The van der Waals surface area contributed by atoms with Crippen LogP contribution in [0.4, 0.5) is 0 Å². The molecule has 3 rings (SSSR count). The monoisotopic (exact) mass is 364 g/mol. The highest BCUT2D eigenvalue weighted by atomic mass is 35.5. The highest BCUT2D eigenvalue weighted by Gasteiger charge is 2.25. The van der Waals surface area contributed by atoms with E-state index in [2.05, 4.69) is 30.8 Å². The molecule has 1 aliphatic carbocycles. The van der Waals surface area contributed by atoms with Crippen LogP contribution in [0.15, 0.2) is 18.6 Å². The number of rotatable bonds is 6. The van der Waals surface area contributed by atoms with Crippen LogP contribution in [0.2, 0.25) is 5.02 Å². The van der Waals surface area contributed by atoms with Gasteiger partial charge in [0.15, 0.2) is 0 Å². The molecule has 134 valence electrons. The van der Waals surface area contributed by atoms with Crippen LogP contribution >= 0.6 is 11.6 Å². The molecule has 1 fully saturated rings. The summed E-state index contributed by atoms with van der Waals surface area (Å²) >= 11 is 5.83. The largest absolute Gasteiger partial charge is 0.356 e. The van der Waals surface area contributed by atoms with E-state index in [4.69, 9.17) is 11.6 Å². The maximum atomic E-state index is 12.2. The lowest BCUT2D eigenvalue weighted by Crippen LogP contribution is -2.45. The van der Waals surface area contributed by atoms with E-state index in [-0.39, 0.29) is 23.9 Å². The van der Waals surface area contributed by atoms with Crippen molar-refractivity contribution in [2.45, 2.75) is 50.6 Å². The molecule has 0 spiro atoms. The van der Waals surface area contributed by atoms with Crippen LogP contribution in [0.1, 0.15) is 48.4 Å². The van der Waals surface area contributed by atoms with Crippen molar-refractivity contribution in [3.8, 4) is 0 Å². The predicted octanol–water partition coefficient (Wildman–Crippen LogP) is 1.58. The van der Waals surface area contributed by atoms with Gasteiger partial charge in [-0.25, -0.2) is 4.98 Å². The van der Waals surface area contributed by atoms with Gasteiger partial charge in [0.05, 0.1) is 5.02 Å². The van der Waals surface area contributed by atoms with Gasteiger partial charge in [0.1, 0.15) is 17.8 Å². The number of H-pyrrole nitrogens is 2. The summed E-state index contributed by atoms with van der Waals surface area (Å²) in [6, 6.07) is 1.72. The van der Waals surface area contributed by atoms with Gasteiger partial charge in [0, 0.05) is 31.1 Å². The molecule has 0 radical (unpaired) electrons. The van der Waals surface area contributed by atoms with Gasteiger partial charge in [-0.15, -0.1) is 0 Å². The molecule has 2 aromatic rings. The molecule has 2 atom stereocenters. The topological polar surface area (TPSA) is 116 Å². The van der Waals surface area contributed by atoms with Crippen molar-refractivity contribution in [1.82, 2.24) is 30.8 Å². The number of aromatic nitrogens is 4. The lowest BCUT2D eigenvalue weighted by molar-refractivity contribution is -0.122. The molecular weight excluding hydrogens is 344 g/mol. The van der Waals surface area contributed by atoms with Gasteiger partial charge in [0.2, 0.25) is 5.91 Å². The Bertz CT molecular complexity index is 714. The van der Waals surface area contributed by atoms with Crippen molar-refractivity contribution in [3.05, 3.63) is 35.1 Å². The molecule has 2 amide bonds. The number of hydrogen-bond donors (Lipinski definition) is 4. The minimum absolute atomic E-state index is 0.00970. The van der Waals surface area contributed by atoms with Gasteiger partial charge in [0.25, 0.3) is 5.91 Å². The van der Waals surface area contributed by atoms with Crippen LogP contribution in [0, 0.1) is 0 Å². The fourth-order valence-electron chi connectivity index (χ4n) is 3.10. The van der Waals surface area contributed by atoms with E-state index >= 15 is 0 Å². The number of hydrogen-bond acceptors (Lipinski definition) is 4. The first kappa shape index (κ1) is 17.5. The minimum atomic E-state index is -0.172. The van der Waals surface area contributed by atoms with Crippen LogP contribution in [-0.2, 0) is 11.2 Å². The van der Waals surface area contributed by atoms with E-state index in [1.165, 1.54) is 6.33 Å². The number of carbonyl (C=O) groups excluding carboxylic acids is 2. The van der Waals surface area contributed by atoms with Crippen molar-refractivity contribution in [3.63, 3.8) is 0 Å². The third-order valence-electron chi connectivity index (χ3n) is 4.32. The van der Waals surface area contributed by atoms with E-state index in [1.54, 1.807) is 12.3 Å². The second-order valence-corrected chi connectivity index (χ2v) is 6.70. The maximum absolute atomic E-state index is 12.2. The maximum Gasteiger partial charge on any atom is 0.267 e. The van der Waals surface area contributed by atoms with Crippen LogP contribution in [-0.4, -0.2) is 44.1 Å². The first-order chi connectivity index (χ1) is 12.1. The molecule has 2 unspecified atom stereocenters. The van der Waals surface area contributed by atoms with E-state index in [1.807, 2.05) is 0 Å². The second-order valence-electron chi connectivity index (χ2n) is 6.27. The summed E-state index contributed by atoms with van der Waals surface area (Å²) in [6.45, 7) is 0. The van der Waals surface area contributed by atoms with Gasteiger partial charge in [-0.3, -0.25) is 14.7 Å². The normalized spacial score (nSPS) is 20.2. The second kappa shape index (κ2) is 8.15. The summed E-state index contributed by atoms with van der Waals surface area (Å²) in [6.07, 6.45) is 7.43.